The molecule has 0 spiro atoms. The molecule has 8 heteroatoms. The first kappa shape index (κ1) is 19.1. The number of likely N-dealkylation sites (tertiary alicyclic amines) is 1. The van der Waals surface area contributed by atoms with Crippen LogP contribution >= 0.6 is 15.9 Å². The molecule has 3 atom stereocenters. The second-order valence-electron chi connectivity index (χ2n) is 8.14. The summed E-state index contributed by atoms with van der Waals surface area (Å²) in [4.78, 5) is 31.3. The van der Waals surface area contributed by atoms with Crippen molar-refractivity contribution in [1.29, 1.82) is 0 Å². The van der Waals surface area contributed by atoms with Crippen molar-refractivity contribution in [3.63, 3.8) is 0 Å². The summed E-state index contributed by atoms with van der Waals surface area (Å²) in [6.07, 6.45) is 0.599. The molecule has 1 aromatic rings. The number of aromatic nitrogens is 1. The molecule has 142 valence electrons. The summed E-state index contributed by atoms with van der Waals surface area (Å²) in [5.41, 5.74) is -0.219. The van der Waals surface area contributed by atoms with Crippen LogP contribution in [0.1, 0.15) is 39.2 Å². The van der Waals surface area contributed by atoms with Gasteiger partial charge >= 0.3 is 6.09 Å². The lowest BCUT2D eigenvalue weighted by molar-refractivity contribution is -0.121. The van der Waals surface area contributed by atoms with Gasteiger partial charge in [0.25, 0.3) is 0 Å². The van der Waals surface area contributed by atoms with E-state index in [0.717, 1.165) is 5.56 Å². The number of carbonyl (C=O) groups is 2. The Morgan fingerprint density at radius 1 is 1.42 bits per heavy atom. The largest absolute Gasteiger partial charge is 0.444 e. The number of pyridine rings is 1. The number of rotatable bonds is 3. The standard InChI is InChI=1S/C18H24BrN3O4/c1-10-5-6-13(19)20-14(10)21-15(24)11-7-18(9-23)8-12(18)22(11)16(25)26-17(2,3)4/h5-6,11-12,23H,7-9H2,1-4H3,(H,20,21,24)/t11-,12?,18-/m0/s1. The van der Waals surface area contributed by atoms with E-state index >= 15 is 0 Å². The Balaban J connectivity index is 1.81. The third-order valence-electron chi connectivity index (χ3n) is 4.94. The number of piperidine rings is 1. The first-order valence-electron chi connectivity index (χ1n) is 8.62. The fraction of sp³-hybridized carbons (Fsp3) is 0.611. The van der Waals surface area contributed by atoms with Crippen molar-refractivity contribution in [2.75, 3.05) is 11.9 Å². The lowest BCUT2D eigenvalue weighted by atomic mass is 10.0. The Bertz CT molecular complexity index is 748. The number of ether oxygens (including phenoxy) is 1. The third-order valence-corrected chi connectivity index (χ3v) is 5.39. The van der Waals surface area contributed by atoms with Crippen molar-refractivity contribution in [1.82, 2.24) is 9.88 Å². The van der Waals surface area contributed by atoms with Gasteiger partial charge in [0, 0.05) is 11.5 Å². The lowest BCUT2D eigenvalue weighted by Gasteiger charge is -2.29. The minimum absolute atomic E-state index is 0.0467. The van der Waals surface area contributed by atoms with Crippen LogP contribution in [0.5, 0.6) is 0 Å². The highest BCUT2D eigenvalue weighted by Gasteiger charge is 2.67. The number of nitrogens with zero attached hydrogens (tertiary/aromatic N) is 2. The Labute approximate surface area is 161 Å². The Hall–Kier alpha value is -1.67. The van der Waals surface area contributed by atoms with E-state index in [0.29, 0.717) is 23.3 Å². The molecule has 1 aromatic heterocycles. The summed E-state index contributed by atoms with van der Waals surface area (Å²) in [5.74, 6) is 0.136. The van der Waals surface area contributed by atoms with E-state index in [4.69, 9.17) is 4.74 Å². The maximum atomic E-state index is 12.9. The van der Waals surface area contributed by atoms with Gasteiger partial charge in [-0.25, -0.2) is 9.78 Å². The van der Waals surface area contributed by atoms with E-state index < -0.39 is 23.2 Å². The fourth-order valence-electron chi connectivity index (χ4n) is 3.49. The van der Waals surface area contributed by atoms with Crippen LogP contribution in [0, 0.1) is 12.3 Å². The van der Waals surface area contributed by atoms with Gasteiger partial charge in [0.2, 0.25) is 5.91 Å². The highest BCUT2D eigenvalue weighted by molar-refractivity contribution is 9.10. The Morgan fingerprint density at radius 3 is 2.73 bits per heavy atom. The molecule has 2 amide bonds. The first-order valence-corrected chi connectivity index (χ1v) is 9.42. The third kappa shape index (κ3) is 3.57. The van der Waals surface area contributed by atoms with E-state index in [1.807, 2.05) is 13.0 Å². The molecule has 26 heavy (non-hydrogen) atoms. The number of aryl methyl sites for hydroxylation is 1. The number of amides is 2. The van der Waals surface area contributed by atoms with Gasteiger partial charge in [0.1, 0.15) is 22.1 Å². The van der Waals surface area contributed by atoms with Crippen LogP contribution < -0.4 is 5.32 Å². The zero-order valence-electron chi connectivity index (χ0n) is 15.4. The maximum absolute atomic E-state index is 12.9. The quantitative estimate of drug-likeness (QED) is 0.726. The van der Waals surface area contributed by atoms with Crippen LogP contribution in [0.3, 0.4) is 0 Å². The molecule has 2 aliphatic rings. The molecule has 1 aliphatic heterocycles. The molecular formula is C18H24BrN3O4. The molecule has 1 saturated carbocycles. The van der Waals surface area contributed by atoms with E-state index in [1.54, 1.807) is 26.8 Å². The molecule has 7 nitrogen and oxygen atoms in total. The maximum Gasteiger partial charge on any atom is 0.411 e. The van der Waals surface area contributed by atoms with Gasteiger partial charge in [0.05, 0.1) is 6.61 Å². The lowest BCUT2D eigenvalue weighted by Crippen LogP contribution is -2.47. The molecule has 2 heterocycles. The van der Waals surface area contributed by atoms with E-state index in [-0.39, 0.29) is 18.6 Å². The van der Waals surface area contributed by atoms with Crippen molar-refractivity contribution in [3.8, 4) is 0 Å². The second-order valence-corrected chi connectivity index (χ2v) is 8.95. The predicted molar refractivity (Wildman–Crippen MR) is 99.7 cm³/mol. The average molecular weight is 426 g/mol. The van der Waals surface area contributed by atoms with E-state index in [2.05, 4.69) is 26.2 Å². The zero-order valence-corrected chi connectivity index (χ0v) is 17.0. The summed E-state index contributed by atoms with van der Waals surface area (Å²) in [5, 5.41) is 12.6. The number of hydrogen-bond donors (Lipinski definition) is 2. The van der Waals surface area contributed by atoms with Crippen LogP contribution in [0.4, 0.5) is 10.6 Å². The average Bonchev–Trinajstić information content (AvgIpc) is 3.14. The number of hydrogen-bond acceptors (Lipinski definition) is 5. The molecule has 0 radical (unpaired) electrons. The highest BCUT2D eigenvalue weighted by atomic mass is 79.9. The van der Waals surface area contributed by atoms with E-state index in [9.17, 15) is 14.7 Å². The number of carbonyl (C=O) groups excluding carboxylic acids is 2. The summed E-state index contributed by atoms with van der Waals surface area (Å²) in [6, 6.07) is 2.80. The van der Waals surface area contributed by atoms with Crippen LogP contribution in [-0.4, -0.2) is 51.3 Å². The number of fused-ring (bicyclic) bond motifs is 1. The monoisotopic (exact) mass is 425 g/mol. The minimum atomic E-state index is -0.684. The number of aliphatic hydroxyl groups is 1. The Morgan fingerprint density at radius 2 is 2.12 bits per heavy atom. The SMILES string of the molecule is Cc1ccc(Br)nc1NC(=O)[C@@H]1C[C@@]2(CO)CC2N1C(=O)OC(C)(C)C. The van der Waals surface area contributed by atoms with Crippen LogP contribution in [0.25, 0.3) is 0 Å². The normalized spacial score (nSPS) is 27.1. The van der Waals surface area contributed by atoms with Gasteiger partial charge in [-0.05, 0) is 68.1 Å². The van der Waals surface area contributed by atoms with Crippen molar-refractivity contribution >= 4 is 33.7 Å². The van der Waals surface area contributed by atoms with Gasteiger partial charge in [-0.3, -0.25) is 9.69 Å². The van der Waals surface area contributed by atoms with Crippen molar-refractivity contribution in [2.45, 2.75) is 58.2 Å². The molecule has 2 N–H and O–H groups in total. The minimum Gasteiger partial charge on any atom is -0.444 e. The van der Waals surface area contributed by atoms with Crippen LogP contribution in [0.15, 0.2) is 16.7 Å². The number of anilines is 1. The molecule has 0 aromatic carbocycles. The summed E-state index contributed by atoms with van der Waals surface area (Å²) >= 11 is 3.29. The van der Waals surface area contributed by atoms with Crippen molar-refractivity contribution in [3.05, 3.63) is 22.3 Å². The Kier molecular flexibility index (Phi) is 4.77. The zero-order chi connectivity index (χ0) is 19.3. The smallest absolute Gasteiger partial charge is 0.411 e. The van der Waals surface area contributed by atoms with Crippen LogP contribution in [-0.2, 0) is 9.53 Å². The molecule has 0 bridgehead atoms. The van der Waals surface area contributed by atoms with Gasteiger partial charge in [-0.15, -0.1) is 0 Å². The first-order chi connectivity index (χ1) is 12.1. The number of aliphatic hydroxyl groups excluding tert-OH is 1. The predicted octanol–water partition coefficient (Wildman–Crippen LogP) is 2.85. The summed E-state index contributed by atoms with van der Waals surface area (Å²) in [7, 11) is 0. The second kappa shape index (κ2) is 6.49. The number of halogens is 1. The van der Waals surface area contributed by atoms with Crippen LogP contribution in [0.2, 0.25) is 0 Å². The molecule has 2 fully saturated rings. The topological polar surface area (TPSA) is 91.8 Å². The van der Waals surface area contributed by atoms with E-state index in [1.165, 1.54) is 4.90 Å². The summed E-state index contributed by atoms with van der Waals surface area (Å²) < 4.78 is 6.10. The highest BCUT2D eigenvalue weighted by Crippen LogP contribution is 2.59. The van der Waals surface area contributed by atoms with Gasteiger partial charge in [-0.1, -0.05) is 6.07 Å². The fourth-order valence-corrected chi connectivity index (χ4v) is 3.80. The molecular weight excluding hydrogens is 402 g/mol. The molecule has 3 rings (SSSR count). The van der Waals surface area contributed by atoms with Crippen molar-refractivity contribution < 1.29 is 19.4 Å². The van der Waals surface area contributed by atoms with Gasteiger partial charge in [-0.2, -0.15) is 0 Å². The molecule has 1 unspecified atom stereocenters. The number of nitrogens with one attached hydrogen (secondary N) is 1. The van der Waals surface area contributed by atoms with Gasteiger partial charge in [0.15, 0.2) is 0 Å². The summed E-state index contributed by atoms with van der Waals surface area (Å²) in [6.45, 7) is 7.17. The molecule has 1 aliphatic carbocycles. The van der Waals surface area contributed by atoms with Gasteiger partial charge < -0.3 is 15.2 Å². The molecule has 1 saturated heterocycles. The van der Waals surface area contributed by atoms with Crippen molar-refractivity contribution in [2.24, 2.45) is 5.41 Å².